The maximum Gasteiger partial charge on any atom is 0.435 e. The molecule has 1 N–H and O–H groups in total. The number of carbonyl (C=O) groups excluding carboxylic acids is 3. The molecule has 0 aliphatic rings. The topological polar surface area (TPSA) is 93.1 Å². The van der Waals surface area contributed by atoms with Crippen molar-refractivity contribution in [1.29, 1.82) is 0 Å². The van der Waals surface area contributed by atoms with E-state index >= 15 is 0 Å². The molecule has 0 spiro atoms. The quantitative estimate of drug-likeness (QED) is 0.280. The number of hydroxylamine groups is 2. The van der Waals surface area contributed by atoms with E-state index in [2.05, 4.69) is 5.92 Å². The minimum atomic E-state index is -2.36. The van der Waals surface area contributed by atoms with E-state index in [4.69, 9.17) is 15.9 Å². The molecule has 1 atom stereocenters. The number of rotatable bonds is 4. The van der Waals surface area contributed by atoms with Crippen LogP contribution in [-0.2, 0) is 19.1 Å². The minimum absolute atomic E-state index is 0.0749. The second-order valence-corrected chi connectivity index (χ2v) is 7.09. The molecule has 0 aromatic carbocycles. The highest BCUT2D eigenvalue weighted by Crippen LogP contribution is 2.26. The van der Waals surface area contributed by atoms with Gasteiger partial charge in [0.05, 0.1) is 6.42 Å². The SMILES string of the molecule is C#CCC(C(C)=O)(C(=O)OC(C)(C)C)N(O)C(=O)OC(C)(C)C. The summed E-state index contributed by atoms with van der Waals surface area (Å²) in [7, 11) is 0. The van der Waals surface area contributed by atoms with Gasteiger partial charge in [0.2, 0.25) is 5.54 Å². The fourth-order valence-electron chi connectivity index (χ4n) is 1.62. The first-order chi connectivity index (χ1) is 10.2. The number of esters is 1. The van der Waals surface area contributed by atoms with Crippen LogP contribution in [0.15, 0.2) is 0 Å². The highest BCUT2D eigenvalue weighted by atomic mass is 16.6. The van der Waals surface area contributed by atoms with Crippen molar-refractivity contribution in [3.05, 3.63) is 0 Å². The Labute approximate surface area is 136 Å². The van der Waals surface area contributed by atoms with Gasteiger partial charge in [-0.05, 0) is 48.5 Å². The second-order valence-electron chi connectivity index (χ2n) is 7.09. The first kappa shape index (κ1) is 20.9. The summed E-state index contributed by atoms with van der Waals surface area (Å²) in [6.07, 6.45) is 3.40. The van der Waals surface area contributed by atoms with Gasteiger partial charge in [-0.3, -0.25) is 10.0 Å². The zero-order valence-corrected chi connectivity index (χ0v) is 14.7. The van der Waals surface area contributed by atoms with Crippen LogP contribution in [0.5, 0.6) is 0 Å². The van der Waals surface area contributed by atoms with E-state index in [0.29, 0.717) is 0 Å². The molecule has 0 bridgehead atoms. The van der Waals surface area contributed by atoms with Crippen molar-refractivity contribution in [2.24, 2.45) is 0 Å². The number of ether oxygens (including phenoxy) is 2. The molecule has 0 rings (SSSR count). The first-order valence-corrected chi connectivity index (χ1v) is 7.07. The molecule has 7 nitrogen and oxygen atoms in total. The van der Waals surface area contributed by atoms with Gasteiger partial charge in [0.1, 0.15) is 11.2 Å². The van der Waals surface area contributed by atoms with Crippen molar-refractivity contribution in [3.8, 4) is 12.3 Å². The molecule has 130 valence electrons. The van der Waals surface area contributed by atoms with E-state index < -0.39 is 41.0 Å². The molecule has 1 unspecified atom stereocenters. The van der Waals surface area contributed by atoms with Crippen LogP contribution in [0.4, 0.5) is 4.79 Å². The molecule has 0 heterocycles. The number of carbonyl (C=O) groups is 3. The average molecular weight is 327 g/mol. The third kappa shape index (κ3) is 5.57. The molecule has 1 amide bonds. The van der Waals surface area contributed by atoms with Gasteiger partial charge >= 0.3 is 12.1 Å². The molecular formula is C16H25NO6. The predicted molar refractivity (Wildman–Crippen MR) is 82.6 cm³/mol. The van der Waals surface area contributed by atoms with Crippen molar-refractivity contribution in [3.63, 3.8) is 0 Å². The highest BCUT2D eigenvalue weighted by molar-refractivity contribution is 6.09. The van der Waals surface area contributed by atoms with E-state index in [-0.39, 0.29) is 5.06 Å². The monoisotopic (exact) mass is 327 g/mol. The molecule has 0 saturated carbocycles. The molecule has 7 heteroatoms. The summed E-state index contributed by atoms with van der Waals surface area (Å²) < 4.78 is 10.1. The highest BCUT2D eigenvalue weighted by Gasteiger charge is 2.54. The Hall–Kier alpha value is -2.07. The summed E-state index contributed by atoms with van der Waals surface area (Å²) in [5.74, 6) is 0.168. The number of hydrogen-bond acceptors (Lipinski definition) is 6. The summed E-state index contributed by atoms with van der Waals surface area (Å²) in [5.41, 5.74) is -4.24. The second kappa shape index (κ2) is 7.01. The maximum absolute atomic E-state index is 12.5. The minimum Gasteiger partial charge on any atom is -0.458 e. The van der Waals surface area contributed by atoms with Gasteiger partial charge < -0.3 is 9.47 Å². The molecule has 0 aliphatic heterocycles. The van der Waals surface area contributed by atoms with Gasteiger partial charge in [-0.1, -0.05) is 0 Å². The average Bonchev–Trinajstić information content (AvgIpc) is 2.30. The number of amides is 1. The van der Waals surface area contributed by atoms with Crippen molar-refractivity contribution < 1.29 is 29.1 Å². The Morgan fingerprint density at radius 3 is 1.78 bits per heavy atom. The Bertz CT molecular complexity index is 520. The lowest BCUT2D eigenvalue weighted by Crippen LogP contribution is -2.62. The van der Waals surface area contributed by atoms with E-state index in [1.165, 1.54) is 0 Å². The lowest BCUT2D eigenvalue weighted by molar-refractivity contribution is -0.200. The van der Waals surface area contributed by atoms with Crippen LogP contribution in [0.1, 0.15) is 54.9 Å². The Morgan fingerprint density at radius 2 is 1.48 bits per heavy atom. The normalized spacial score (nSPS) is 14.2. The van der Waals surface area contributed by atoms with E-state index in [9.17, 15) is 19.6 Å². The summed E-state index contributed by atoms with van der Waals surface area (Å²) in [4.78, 5) is 36.6. The van der Waals surface area contributed by atoms with Crippen LogP contribution >= 0.6 is 0 Å². The van der Waals surface area contributed by atoms with Crippen LogP contribution < -0.4 is 0 Å². The fraction of sp³-hybridized carbons (Fsp3) is 0.688. The lowest BCUT2D eigenvalue weighted by Gasteiger charge is -2.36. The van der Waals surface area contributed by atoms with Crippen molar-refractivity contribution >= 4 is 17.8 Å². The predicted octanol–water partition coefficient (Wildman–Crippen LogP) is 2.31. The maximum atomic E-state index is 12.5. The van der Waals surface area contributed by atoms with Crippen molar-refractivity contribution in [2.45, 2.75) is 71.6 Å². The van der Waals surface area contributed by atoms with Gasteiger partial charge in [0.15, 0.2) is 5.78 Å². The molecule has 0 fully saturated rings. The smallest absolute Gasteiger partial charge is 0.435 e. The van der Waals surface area contributed by atoms with E-state index in [0.717, 1.165) is 6.92 Å². The molecule has 23 heavy (non-hydrogen) atoms. The van der Waals surface area contributed by atoms with Gasteiger partial charge in [0.25, 0.3) is 0 Å². The Balaban J connectivity index is 5.86. The van der Waals surface area contributed by atoms with Gasteiger partial charge in [-0.25, -0.2) is 9.59 Å². The summed E-state index contributed by atoms with van der Waals surface area (Å²) in [5, 5.41) is 10.1. The van der Waals surface area contributed by atoms with Crippen LogP contribution in [-0.4, -0.2) is 44.9 Å². The van der Waals surface area contributed by atoms with Gasteiger partial charge in [0, 0.05) is 0 Å². The number of hydrogen-bond donors (Lipinski definition) is 1. The summed E-state index contributed by atoms with van der Waals surface area (Å²) in [6, 6.07) is 0. The van der Waals surface area contributed by atoms with Crippen LogP contribution in [0.25, 0.3) is 0 Å². The Kier molecular flexibility index (Phi) is 6.37. The zero-order valence-electron chi connectivity index (χ0n) is 14.7. The molecule has 0 aromatic rings. The number of Topliss-reactive ketones (excluding diaryl/α,β-unsaturated/α-hetero) is 1. The Morgan fingerprint density at radius 1 is 1.04 bits per heavy atom. The third-order valence-electron chi connectivity index (χ3n) is 2.60. The van der Waals surface area contributed by atoms with E-state index in [1.807, 2.05) is 0 Å². The number of terminal acetylenes is 1. The standard InChI is InChI=1S/C16H25NO6/c1-9-10-16(11(2)18,12(19)22-14(3,4)5)17(21)13(20)23-15(6,7)8/h1,21H,10H2,2-8H3. The zero-order chi connectivity index (χ0) is 18.6. The third-order valence-corrected chi connectivity index (χ3v) is 2.60. The van der Waals surface area contributed by atoms with Gasteiger partial charge in [-0.2, -0.15) is 5.06 Å². The molecule has 0 saturated heterocycles. The summed E-state index contributed by atoms with van der Waals surface area (Å²) in [6.45, 7) is 10.5. The van der Waals surface area contributed by atoms with Crippen LogP contribution in [0.2, 0.25) is 0 Å². The van der Waals surface area contributed by atoms with Crippen LogP contribution in [0.3, 0.4) is 0 Å². The van der Waals surface area contributed by atoms with E-state index in [1.54, 1.807) is 41.5 Å². The molecule has 0 radical (unpaired) electrons. The fourth-order valence-corrected chi connectivity index (χ4v) is 1.62. The number of ketones is 1. The van der Waals surface area contributed by atoms with Crippen molar-refractivity contribution in [1.82, 2.24) is 5.06 Å². The number of nitrogens with zero attached hydrogens (tertiary/aromatic N) is 1. The lowest BCUT2D eigenvalue weighted by atomic mass is 9.90. The molecular weight excluding hydrogens is 302 g/mol. The molecule has 0 aromatic heterocycles. The largest absolute Gasteiger partial charge is 0.458 e. The summed E-state index contributed by atoms with van der Waals surface area (Å²) >= 11 is 0. The first-order valence-electron chi connectivity index (χ1n) is 7.07. The molecule has 0 aliphatic carbocycles. The van der Waals surface area contributed by atoms with Crippen LogP contribution in [0, 0.1) is 12.3 Å². The van der Waals surface area contributed by atoms with Gasteiger partial charge in [-0.15, -0.1) is 12.3 Å². The van der Waals surface area contributed by atoms with Crippen molar-refractivity contribution in [2.75, 3.05) is 0 Å².